The maximum atomic E-state index is 12.5. The first-order chi connectivity index (χ1) is 9.50. The Labute approximate surface area is 124 Å². The minimum atomic E-state index is -0.0967. The SMILES string of the molecule is Cc1cccc(N)c1C(=O)N(C)Cc1ccccc1Cl. The van der Waals surface area contributed by atoms with Crippen LogP contribution in [-0.2, 0) is 6.54 Å². The molecule has 0 saturated heterocycles. The molecule has 2 aromatic rings. The maximum Gasteiger partial charge on any atom is 0.256 e. The number of carbonyl (C=O) groups excluding carboxylic acids is 1. The Morgan fingerprint density at radius 1 is 1.20 bits per heavy atom. The van der Waals surface area contributed by atoms with Gasteiger partial charge in [-0.25, -0.2) is 0 Å². The van der Waals surface area contributed by atoms with Crippen LogP contribution in [0.4, 0.5) is 5.69 Å². The monoisotopic (exact) mass is 288 g/mol. The van der Waals surface area contributed by atoms with Gasteiger partial charge < -0.3 is 10.6 Å². The van der Waals surface area contributed by atoms with E-state index in [1.165, 1.54) is 0 Å². The van der Waals surface area contributed by atoms with Crippen molar-refractivity contribution in [3.05, 3.63) is 64.2 Å². The molecular weight excluding hydrogens is 272 g/mol. The first-order valence-corrected chi connectivity index (χ1v) is 6.72. The van der Waals surface area contributed by atoms with Crippen molar-refractivity contribution < 1.29 is 4.79 Å². The standard InChI is InChI=1S/C16H17ClN2O/c1-11-6-5-9-14(18)15(11)16(20)19(2)10-12-7-3-4-8-13(12)17/h3-9H,10,18H2,1-2H3. The third-order valence-electron chi connectivity index (χ3n) is 3.23. The summed E-state index contributed by atoms with van der Waals surface area (Å²) in [5.74, 6) is -0.0967. The third kappa shape index (κ3) is 2.94. The van der Waals surface area contributed by atoms with Crippen LogP contribution in [0.25, 0.3) is 0 Å². The van der Waals surface area contributed by atoms with Crippen LogP contribution in [0.15, 0.2) is 42.5 Å². The quantitative estimate of drug-likeness (QED) is 0.879. The van der Waals surface area contributed by atoms with Crippen molar-refractivity contribution in [2.24, 2.45) is 0 Å². The average Bonchev–Trinajstić information content (AvgIpc) is 2.41. The number of rotatable bonds is 3. The highest BCUT2D eigenvalue weighted by Gasteiger charge is 2.17. The number of nitrogen functional groups attached to an aromatic ring is 1. The minimum absolute atomic E-state index is 0.0967. The summed E-state index contributed by atoms with van der Waals surface area (Å²) < 4.78 is 0. The molecule has 1 amide bonds. The van der Waals surface area contributed by atoms with E-state index in [0.717, 1.165) is 11.1 Å². The number of halogens is 1. The fraction of sp³-hybridized carbons (Fsp3) is 0.188. The second-order valence-corrected chi connectivity index (χ2v) is 5.20. The van der Waals surface area contributed by atoms with Crippen molar-refractivity contribution in [1.82, 2.24) is 4.90 Å². The van der Waals surface area contributed by atoms with Gasteiger partial charge in [0.15, 0.2) is 0 Å². The molecule has 0 spiro atoms. The lowest BCUT2D eigenvalue weighted by Crippen LogP contribution is -2.27. The van der Waals surface area contributed by atoms with E-state index in [2.05, 4.69) is 0 Å². The molecule has 2 aromatic carbocycles. The molecule has 2 N–H and O–H groups in total. The smallest absolute Gasteiger partial charge is 0.256 e. The number of aryl methyl sites for hydroxylation is 1. The van der Waals surface area contributed by atoms with Gasteiger partial charge >= 0.3 is 0 Å². The molecule has 0 radical (unpaired) electrons. The molecule has 0 heterocycles. The van der Waals surface area contributed by atoms with Crippen molar-refractivity contribution in [2.45, 2.75) is 13.5 Å². The van der Waals surface area contributed by atoms with Gasteiger partial charge in [0.2, 0.25) is 0 Å². The Morgan fingerprint density at radius 2 is 1.90 bits per heavy atom. The van der Waals surface area contributed by atoms with Crippen molar-refractivity contribution in [3.8, 4) is 0 Å². The van der Waals surface area contributed by atoms with E-state index in [-0.39, 0.29) is 5.91 Å². The van der Waals surface area contributed by atoms with Crippen LogP contribution in [0.2, 0.25) is 5.02 Å². The van der Waals surface area contributed by atoms with E-state index >= 15 is 0 Å². The Kier molecular flexibility index (Phi) is 4.30. The lowest BCUT2D eigenvalue weighted by Gasteiger charge is -2.20. The molecule has 20 heavy (non-hydrogen) atoms. The van der Waals surface area contributed by atoms with Crippen LogP contribution < -0.4 is 5.73 Å². The number of nitrogens with two attached hydrogens (primary N) is 1. The zero-order valence-electron chi connectivity index (χ0n) is 11.6. The van der Waals surface area contributed by atoms with Crippen LogP contribution >= 0.6 is 11.6 Å². The van der Waals surface area contributed by atoms with Gasteiger partial charge in [0, 0.05) is 24.3 Å². The second kappa shape index (κ2) is 5.97. The number of hydrogen-bond acceptors (Lipinski definition) is 2. The molecule has 4 heteroatoms. The van der Waals surface area contributed by atoms with E-state index < -0.39 is 0 Å². The van der Waals surface area contributed by atoms with E-state index in [4.69, 9.17) is 17.3 Å². The first kappa shape index (κ1) is 14.4. The Bertz CT molecular complexity index is 620. The zero-order chi connectivity index (χ0) is 14.7. The van der Waals surface area contributed by atoms with Crippen molar-refractivity contribution >= 4 is 23.2 Å². The van der Waals surface area contributed by atoms with Gasteiger partial charge in [-0.15, -0.1) is 0 Å². The fourth-order valence-electron chi connectivity index (χ4n) is 2.13. The van der Waals surface area contributed by atoms with E-state index in [9.17, 15) is 4.79 Å². The summed E-state index contributed by atoms with van der Waals surface area (Å²) in [6.07, 6.45) is 0. The van der Waals surface area contributed by atoms with Crippen LogP contribution in [0.1, 0.15) is 21.5 Å². The summed E-state index contributed by atoms with van der Waals surface area (Å²) in [5.41, 5.74) is 8.76. The molecule has 104 valence electrons. The van der Waals surface area contributed by atoms with Gasteiger partial charge in [-0.2, -0.15) is 0 Å². The van der Waals surface area contributed by atoms with Crippen molar-refractivity contribution in [2.75, 3.05) is 12.8 Å². The van der Waals surface area contributed by atoms with Crippen molar-refractivity contribution in [3.63, 3.8) is 0 Å². The normalized spacial score (nSPS) is 10.3. The molecule has 2 rings (SSSR count). The van der Waals surface area contributed by atoms with E-state index in [0.29, 0.717) is 22.8 Å². The highest BCUT2D eigenvalue weighted by molar-refractivity contribution is 6.31. The highest BCUT2D eigenvalue weighted by atomic mass is 35.5. The molecule has 0 saturated carbocycles. The predicted octanol–water partition coefficient (Wildman–Crippen LogP) is 3.50. The Morgan fingerprint density at radius 3 is 2.55 bits per heavy atom. The molecule has 0 atom stereocenters. The van der Waals surface area contributed by atoms with Gasteiger partial charge in [-0.1, -0.05) is 41.9 Å². The summed E-state index contributed by atoms with van der Waals surface area (Å²) in [6, 6.07) is 13.0. The van der Waals surface area contributed by atoms with Crippen LogP contribution in [0, 0.1) is 6.92 Å². The Balaban J connectivity index is 2.24. The molecule has 0 unspecified atom stereocenters. The number of carbonyl (C=O) groups is 1. The molecule has 0 aliphatic heterocycles. The van der Waals surface area contributed by atoms with E-state index in [1.54, 1.807) is 18.0 Å². The fourth-order valence-corrected chi connectivity index (χ4v) is 2.32. The molecule has 0 bridgehead atoms. The van der Waals surface area contributed by atoms with Crippen LogP contribution in [0.3, 0.4) is 0 Å². The number of amides is 1. The lowest BCUT2D eigenvalue weighted by atomic mass is 10.1. The Hall–Kier alpha value is -2.00. The third-order valence-corrected chi connectivity index (χ3v) is 3.60. The van der Waals surface area contributed by atoms with Crippen molar-refractivity contribution in [1.29, 1.82) is 0 Å². The average molecular weight is 289 g/mol. The molecule has 3 nitrogen and oxygen atoms in total. The predicted molar refractivity (Wildman–Crippen MR) is 82.8 cm³/mol. The summed E-state index contributed by atoms with van der Waals surface area (Å²) in [7, 11) is 1.75. The molecule has 0 aliphatic rings. The minimum Gasteiger partial charge on any atom is -0.398 e. The van der Waals surface area contributed by atoms with Gasteiger partial charge in [-0.05, 0) is 30.2 Å². The highest BCUT2D eigenvalue weighted by Crippen LogP contribution is 2.21. The topological polar surface area (TPSA) is 46.3 Å². The summed E-state index contributed by atoms with van der Waals surface area (Å²) in [4.78, 5) is 14.1. The number of anilines is 1. The van der Waals surface area contributed by atoms with E-state index in [1.807, 2.05) is 43.3 Å². The molecule has 0 fully saturated rings. The maximum absolute atomic E-state index is 12.5. The number of benzene rings is 2. The summed E-state index contributed by atoms with van der Waals surface area (Å²) in [6.45, 7) is 2.33. The lowest BCUT2D eigenvalue weighted by molar-refractivity contribution is 0.0785. The van der Waals surface area contributed by atoms with Crippen LogP contribution in [0.5, 0.6) is 0 Å². The second-order valence-electron chi connectivity index (χ2n) is 4.79. The molecule has 0 aromatic heterocycles. The first-order valence-electron chi connectivity index (χ1n) is 6.34. The van der Waals surface area contributed by atoms with Gasteiger partial charge in [0.05, 0.1) is 5.56 Å². The molecule has 0 aliphatic carbocycles. The molecular formula is C16H17ClN2O. The zero-order valence-corrected chi connectivity index (χ0v) is 12.3. The van der Waals surface area contributed by atoms with Crippen LogP contribution in [-0.4, -0.2) is 17.9 Å². The van der Waals surface area contributed by atoms with Gasteiger partial charge in [0.1, 0.15) is 0 Å². The number of hydrogen-bond donors (Lipinski definition) is 1. The summed E-state index contributed by atoms with van der Waals surface area (Å²) in [5, 5.41) is 0.657. The van der Waals surface area contributed by atoms with Gasteiger partial charge in [0.25, 0.3) is 5.91 Å². The number of nitrogens with zero attached hydrogens (tertiary/aromatic N) is 1. The largest absolute Gasteiger partial charge is 0.398 e. The van der Waals surface area contributed by atoms with Gasteiger partial charge in [-0.3, -0.25) is 4.79 Å². The summed E-state index contributed by atoms with van der Waals surface area (Å²) >= 11 is 6.12.